The number of hydrogen-bond acceptors (Lipinski definition) is 5. The molecule has 2 aromatic carbocycles. The first kappa shape index (κ1) is 19.8. The Balaban J connectivity index is 2.04. The fourth-order valence-corrected chi connectivity index (χ4v) is 4.34. The Morgan fingerprint density at radius 3 is 2.60 bits per heavy atom. The second kappa shape index (κ2) is 7.74. The molecule has 2 heterocycles. The number of nitrogens with zero attached hydrogens (tertiary/aromatic N) is 1. The topological polar surface area (TPSA) is 94.7 Å². The molecule has 0 saturated heterocycles. The number of para-hydroxylation sites is 1. The molecule has 1 N–H and O–H groups in total. The van der Waals surface area contributed by atoms with Crippen molar-refractivity contribution >= 4 is 22.8 Å². The highest BCUT2D eigenvalue weighted by atomic mass is 16.5. The van der Waals surface area contributed by atoms with Crippen LogP contribution in [0, 0.1) is 0 Å². The summed E-state index contributed by atoms with van der Waals surface area (Å²) in [6.07, 6.45) is 0.346. The number of ether oxygens (including phenoxy) is 2. The molecule has 1 aliphatic rings. The van der Waals surface area contributed by atoms with E-state index in [-0.39, 0.29) is 18.7 Å². The van der Waals surface area contributed by atoms with Gasteiger partial charge in [-0.3, -0.25) is 4.79 Å². The zero-order valence-corrected chi connectivity index (χ0v) is 17.1. The van der Waals surface area contributed by atoms with Gasteiger partial charge in [-0.2, -0.15) is 0 Å². The number of aromatic nitrogens is 1. The van der Waals surface area contributed by atoms with E-state index in [9.17, 15) is 14.7 Å². The van der Waals surface area contributed by atoms with Crippen molar-refractivity contribution in [3.63, 3.8) is 0 Å². The third-order valence-corrected chi connectivity index (χ3v) is 5.73. The molecule has 0 spiro atoms. The van der Waals surface area contributed by atoms with Gasteiger partial charge in [0.1, 0.15) is 17.5 Å². The number of amides is 1. The molecule has 3 aromatic rings. The van der Waals surface area contributed by atoms with Gasteiger partial charge in [-0.25, -0.2) is 0 Å². The minimum Gasteiger partial charge on any atom is -0.548 e. The SMILES string of the molecule is CCC(=O)N1[C@H](c2cc(OC)ccc2OC)c2[nH]c3ccccc3c2C[C@H]1C(=O)[O-]. The first-order valence-corrected chi connectivity index (χ1v) is 9.83. The van der Waals surface area contributed by atoms with Crippen molar-refractivity contribution in [3.05, 3.63) is 59.3 Å². The number of carbonyl (C=O) groups is 2. The average Bonchev–Trinajstić information content (AvgIpc) is 3.15. The lowest BCUT2D eigenvalue weighted by atomic mass is 9.87. The smallest absolute Gasteiger partial charge is 0.223 e. The molecule has 0 bridgehead atoms. The maximum absolute atomic E-state index is 13.0. The van der Waals surface area contributed by atoms with Crippen molar-refractivity contribution in [2.24, 2.45) is 0 Å². The largest absolute Gasteiger partial charge is 0.548 e. The zero-order chi connectivity index (χ0) is 21.4. The lowest BCUT2D eigenvalue weighted by Crippen LogP contribution is -2.55. The molecule has 2 atom stereocenters. The summed E-state index contributed by atoms with van der Waals surface area (Å²) in [5.74, 6) is -0.427. The molecule has 7 heteroatoms. The highest BCUT2D eigenvalue weighted by Gasteiger charge is 2.41. The molecule has 1 amide bonds. The Morgan fingerprint density at radius 2 is 1.93 bits per heavy atom. The van der Waals surface area contributed by atoms with Gasteiger partial charge < -0.3 is 29.3 Å². The monoisotopic (exact) mass is 407 g/mol. The van der Waals surface area contributed by atoms with Gasteiger partial charge in [0.05, 0.1) is 26.2 Å². The maximum Gasteiger partial charge on any atom is 0.223 e. The standard InChI is InChI=1S/C23H24N2O5/c1-4-20(26)25-18(23(27)28)12-15-14-7-5-6-8-17(14)24-21(15)22(25)16-11-13(29-2)9-10-19(16)30-3/h5-11,18,22,24H,4,12H2,1-3H3,(H,27,28)/p-1/t18-,22+/m0/s1. The molecule has 1 aromatic heterocycles. The van der Waals surface area contributed by atoms with Crippen LogP contribution in [0.3, 0.4) is 0 Å². The predicted molar refractivity (Wildman–Crippen MR) is 109 cm³/mol. The number of carboxylic acid groups (broad SMARTS) is 1. The van der Waals surface area contributed by atoms with E-state index in [1.807, 2.05) is 24.3 Å². The second-order valence-corrected chi connectivity index (χ2v) is 7.27. The van der Waals surface area contributed by atoms with Crippen LogP contribution in [-0.4, -0.2) is 42.0 Å². The van der Waals surface area contributed by atoms with Crippen molar-refractivity contribution in [3.8, 4) is 11.5 Å². The fraction of sp³-hybridized carbons (Fsp3) is 0.304. The summed E-state index contributed by atoms with van der Waals surface area (Å²) >= 11 is 0. The summed E-state index contributed by atoms with van der Waals surface area (Å²) in [6.45, 7) is 1.72. The van der Waals surface area contributed by atoms with E-state index < -0.39 is 18.1 Å². The molecule has 1 aliphatic heterocycles. The number of methoxy groups -OCH3 is 2. The van der Waals surface area contributed by atoms with Crippen LogP contribution in [0.4, 0.5) is 0 Å². The van der Waals surface area contributed by atoms with Crippen LogP contribution in [-0.2, 0) is 16.0 Å². The number of aliphatic carboxylic acids is 1. The van der Waals surface area contributed by atoms with Gasteiger partial charge in [-0.15, -0.1) is 0 Å². The normalized spacial score (nSPS) is 18.2. The summed E-state index contributed by atoms with van der Waals surface area (Å²) < 4.78 is 11.0. The Morgan fingerprint density at radius 1 is 1.17 bits per heavy atom. The number of carbonyl (C=O) groups excluding carboxylic acids is 2. The zero-order valence-electron chi connectivity index (χ0n) is 17.1. The number of rotatable bonds is 5. The van der Waals surface area contributed by atoms with Crippen molar-refractivity contribution in [1.82, 2.24) is 9.88 Å². The number of fused-ring (bicyclic) bond motifs is 3. The Labute approximate surface area is 174 Å². The van der Waals surface area contributed by atoms with Crippen molar-refractivity contribution in [2.75, 3.05) is 14.2 Å². The van der Waals surface area contributed by atoms with E-state index in [0.29, 0.717) is 17.1 Å². The van der Waals surface area contributed by atoms with Crippen molar-refractivity contribution in [2.45, 2.75) is 31.8 Å². The van der Waals surface area contributed by atoms with Crippen LogP contribution >= 0.6 is 0 Å². The van der Waals surface area contributed by atoms with E-state index in [2.05, 4.69) is 4.98 Å². The Hall–Kier alpha value is -3.48. The van der Waals surface area contributed by atoms with Crippen LogP contribution < -0.4 is 14.6 Å². The molecule has 0 radical (unpaired) electrons. The van der Waals surface area contributed by atoms with E-state index in [4.69, 9.17) is 9.47 Å². The number of nitrogens with one attached hydrogen (secondary N) is 1. The molecule has 4 rings (SSSR count). The minimum absolute atomic E-state index is 0.169. The lowest BCUT2D eigenvalue weighted by Gasteiger charge is -2.43. The molecule has 7 nitrogen and oxygen atoms in total. The summed E-state index contributed by atoms with van der Waals surface area (Å²) in [6, 6.07) is 11.2. The van der Waals surface area contributed by atoms with Crippen LogP contribution in [0.25, 0.3) is 10.9 Å². The van der Waals surface area contributed by atoms with Gasteiger partial charge in [0.2, 0.25) is 5.91 Å². The van der Waals surface area contributed by atoms with Crippen LogP contribution in [0.5, 0.6) is 11.5 Å². The molecular formula is C23H23N2O5-. The number of hydrogen-bond donors (Lipinski definition) is 1. The van der Waals surface area contributed by atoms with Gasteiger partial charge >= 0.3 is 0 Å². The second-order valence-electron chi connectivity index (χ2n) is 7.27. The molecular weight excluding hydrogens is 384 g/mol. The Kier molecular flexibility index (Phi) is 5.11. The fourth-order valence-electron chi connectivity index (χ4n) is 4.34. The van der Waals surface area contributed by atoms with Crippen LogP contribution in [0.15, 0.2) is 42.5 Å². The summed E-state index contributed by atoms with van der Waals surface area (Å²) in [4.78, 5) is 30.0. The van der Waals surface area contributed by atoms with Gasteiger partial charge in [-0.1, -0.05) is 25.1 Å². The molecule has 30 heavy (non-hydrogen) atoms. The summed E-state index contributed by atoms with van der Waals surface area (Å²) in [5.41, 5.74) is 3.19. The maximum atomic E-state index is 13.0. The summed E-state index contributed by atoms with van der Waals surface area (Å²) in [7, 11) is 3.10. The van der Waals surface area contributed by atoms with Crippen molar-refractivity contribution in [1.29, 1.82) is 0 Å². The first-order chi connectivity index (χ1) is 14.5. The molecule has 0 aliphatic carbocycles. The predicted octanol–water partition coefficient (Wildman–Crippen LogP) is 2.19. The van der Waals surface area contributed by atoms with Gasteiger partial charge in [0.15, 0.2) is 0 Å². The van der Waals surface area contributed by atoms with Crippen LogP contribution in [0.2, 0.25) is 0 Å². The number of aromatic amines is 1. The van der Waals surface area contributed by atoms with Crippen molar-refractivity contribution < 1.29 is 24.2 Å². The van der Waals surface area contributed by atoms with Gasteiger partial charge in [0.25, 0.3) is 0 Å². The molecule has 156 valence electrons. The van der Waals surface area contributed by atoms with E-state index >= 15 is 0 Å². The number of carboxylic acids is 1. The van der Waals surface area contributed by atoms with E-state index in [1.54, 1.807) is 39.3 Å². The summed E-state index contributed by atoms with van der Waals surface area (Å²) in [5, 5.41) is 13.1. The quantitative estimate of drug-likeness (QED) is 0.700. The van der Waals surface area contributed by atoms with E-state index in [1.165, 1.54) is 4.90 Å². The highest BCUT2D eigenvalue weighted by molar-refractivity contribution is 5.90. The highest BCUT2D eigenvalue weighted by Crippen LogP contribution is 2.44. The molecule has 0 unspecified atom stereocenters. The first-order valence-electron chi connectivity index (χ1n) is 9.83. The molecule has 0 fully saturated rings. The Bertz CT molecular complexity index is 1120. The third-order valence-electron chi connectivity index (χ3n) is 5.73. The number of benzene rings is 2. The lowest BCUT2D eigenvalue weighted by molar-refractivity contribution is -0.312. The minimum atomic E-state index is -1.28. The van der Waals surface area contributed by atoms with E-state index in [0.717, 1.165) is 22.2 Å². The average molecular weight is 407 g/mol. The van der Waals surface area contributed by atoms with Gasteiger partial charge in [0, 0.05) is 35.0 Å². The van der Waals surface area contributed by atoms with Gasteiger partial charge in [-0.05, 0) is 29.8 Å². The third kappa shape index (κ3) is 3.07. The molecule has 0 saturated carbocycles. The van der Waals surface area contributed by atoms with Crippen LogP contribution in [0.1, 0.15) is 36.2 Å². The number of H-pyrrole nitrogens is 1.